The number of amides is 2. The van der Waals surface area contributed by atoms with Gasteiger partial charge in [0, 0.05) is 62.5 Å². The molecular weight excluding hydrogens is 721 g/mol. The molecule has 4 heterocycles. The molecule has 56 heavy (non-hydrogen) atoms. The van der Waals surface area contributed by atoms with Gasteiger partial charge in [0.05, 0.1) is 37.8 Å². The second-order valence-corrected chi connectivity index (χ2v) is 12.4. The first kappa shape index (κ1) is 42.6. The highest BCUT2D eigenvalue weighted by atomic mass is 19.1. The van der Waals surface area contributed by atoms with Crippen LogP contribution in [-0.4, -0.2) is 91.1 Å². The minimum absolute atomic E-state index is 0.0403. The lowest BCUT2D eigenvalue weighted by molar-refractivity contribution is -0.117. The number of aromatic nitrogens is 4. The second-order valence-electron chi connectivity index (χ2n) is 12.4. The van der Waals surface area contributed by atoms with Gasteiger partial charge in [-0.15, -0.1) is 0 Å². The summed E-state index contributed by atoms with van der Waals surface area (Å²) >= 11 is 0. The van der Waals surface area contributed by atoms with Gasteiger partial charge in [0.15, 0.2) is 0 Å². The van der Waals surface area contributed by atoms with Crippen molar-refractivity contribution in [1.29, 1.82) is 0 Å². The minimum Gasteiger partial charge on any atom is -0.497 e. The van der Waals surface area contributed by atoms with E-state index >= 15 is 0 Å². The van der Waals surface area contributed by atoms with Crippen LogP contribution in [0.1, 0.15) is 43.5 Å². The molecule has 2 fully saturated rings. The summed E-state index contributed by atoms with van der Waals surface area (Å²) in [6.45, 7) is 9.08. The average molecular weight is 772 g/mol. The van der Waals surface area contributed by atoms with Gasteiger partial charge in [-0.3, -0.25) is 14.7 Å². The predicted octanol–water partition coefficient (Wildman–Crippen LogP) is 6.08. The predicted molar refractivity (Wildman–Crippen MR) is 215 cm³/mol. The number of H-pyrrole nitrogens is 1. The van der Waals surface area contributed by atoms with Crippen molar-refractivity contribution in [2.24, 2.45) is 5.73 Å². The fourth-order valence-corrected chi connectivity index (χ4v) is 5.88. The zero-order valence-electron chi connectivity index (χ0n) is 32.1. The van der Waals surface area contributed by atoms with Gasteiger partial charge in [0.1, 0.15) is 35.3 Å². The Morgan fingerprint density at radius 2 is 1.70 bits per heavy atom. The minimum atomic E-state index is -0.508. The molecule has 15 heteroatoms. The van der Waals surface area contributed by atoms with Crippen LogP contribution in [0.2, 0.25) is 0 Å². The number of nitrogens with zero attached hydrogens (tertiary/aromatic N) is 5. The fourth-order valence-electron chi connectivity index (χ4n) is 5.88. The third kappa shape index (κ3) is 13.3. The maximum absolute atomic E-state index is 13.7. The van der Waals surface area contributed by atoms with Gasteiger partial charge in [-0.1, -0.05) is 50.2 Å². The van der Waals surface area contributed by atoms with Crippen molar-refractivity contribution in [2.75, 3.05) is 68.2 Å². The van der Waals surface area contributed by atoms with E-state index in [4.69, 9.17) is 15.2 Å². The van der Waals surface area contributed by atoms with Gasteiger partial charge in [-0.05, 0) is 55.3 Å². The summed E-state index contributed by atoms with van der Waals surface area (Å²) in [4.78, 5) is 35.8. The van der Waals surface area contributed by atoms with Gasteiger partial charge < -0.3 is 35.6 Å². The number of carbonyl (C=O) groups excluding carboxylic acids is 2. The first-order valence-corrected chi connectivity index (χ1v) is 18.7. The quantitative estimate of drug-likeness (QED) is 0.131. The Labute approximate surface area is 326 Å². The Morgan fingerprint density at radius 1 is 0.946 bits per heavy atom. The summed E-state index contributed by atoms with van der Waals surface area (Å²) in [5, 5.41) is 12.4. The Kier molecular flexibility index (Phi) is 17.5. The molecule has 0 aliphatic carbocycles. The number of primary amides is 1. The molecule has 298 valence electrons. The molecule has 0 spiro atoms. The monoisotopic (exact) mass is 771 g/mol. The maximum Gasteiger partial charge on any atom is 0.255 e. The topological polar surface area (TPSA) is 164 Å². The van der Waals surface area contributed by atoms with E-state index in [0.29, 0.717) is 5.69 Å². The lowest BCUT2D eigenvalue weighted by Gasteiger charge is -2.35. The molecule has 5 aromatic rings. The summed E-state index contributed by atoms with van der Waals surface area (Å²) in [7, 11) is 1.66. The van der Waals surface area contributed by atoms with Gasteiger partial charge >= 0.3 is 0 Å². The molecular formula is C41H51F2N9O4. The molecule has 1 unspecified atom stereocenters. The molecule has 2 aliphatic rings. The van der Waals surface area contributed by atoms with Crippen LogP contribution in [0.5, 0.6) is 5.75 Å². The number of rotatable bonds is 10. The highest BCUT2D eigenvalue weighted by molar-refractivity contribution is 5.99. The van der Waals surface area contributed by atoms with Crippen LogP contribution in [0.15, 0.2) is 97.5 Å². The van der Waals surface area contributed by atoms with Crippen LogP contribution in [0.25, 0.3) is 11.3 Å². The van der Waals surface area contributed by atoms with Crippen LogP contribution in [-0.2, 0) is 9.53 Å². The van der Waals surface area contributed by atoms with E-state index in [1.165, 1.54) is 18.3 Å². The highest BCUT2D eigenvalue weighted by Crippen LogP contribution is 2.25. The third-order valence-electron chi connectivity index (χ3n) is 8.60. The smallest absolute Gasteiger partial charge is 0.255 e. The molecule has 1 atom stereocenters. The SMILES string of the molecule is CC.COc1ccccc1.Fc1cccc(N2CCCC(Nc3cc(N4CCOCC4)ncn3)C2)c1.NC(=O)CCNC(=O)c1cn[nH]c1-c1ccccc1F. The van der Waals surface area contributed by atoms with Crippen molar-refractivity contribution in [3.05, 3.63) is 115 Å². The van der Waals surface area contributed by atoms with Crippen molar-refractivity contribution in [1.82, 2.24) is 25.5 Å². The molecule has 0 saturated carbocycles. The van der Waals surface area contributed by atoms with Crippen molar-refractivity contribution in [3.63, 3.8) is 0 Å². The number of ether oxygens (including phenoxy) is 2. The second kappa shape index (κ2) is 23.0. The van der Waals surface area contributed by atoms with Crippen LogP contribution in [0.4, 0.5) is 26.1 Å². The number of benzene rings is 3. The summed E-state index contributed by atoms with van der Waals surface area (Å²) in [5.74, 6) is 1.08. The van der Waals surface area contributed by atoms with E-state index in [1.807, 2.05) is 56.3 Å². The number of nitrogens with two attached hydrogens (primary N) is 1. The number of hydrogen-bond acceptors (Lipinski definition) is 10. The zero-order chi connectivity index (χ0) is 40.1. The Balaban J connectivity index is 0.000000205. The number of methoxy groups -OCH3 is 1. The molecule has 5 N–H and O–H groups in total. The normalized spacial score (nSPS) is 14.7. The van der Waals surface area contributed by atoms with Crippen LogP contribution in [0, 0.1) is 11.6 Å². The van der Waals surface area contributed by atoms with Crippen LogP contribution >= 0.6 is 0 Å². The third-order valence-corrected chi connectivity index (χ3v) is 8.60. The Morgan fingerprint density at radius 3 is 2.39 bits per heavy atom. The van der Waals surface area contributed by atoms with E-state index in [9.17, 15) is 18.4 Å². The number of halogens is 2. The van der Waals surface area contributed by atoms with E-state index in [0.717, 1.165) is 75.3 Å². The lowest BCUT2D eigenvalue weighted by Crippen LogP contribution is -2.42. The Bertz CT molecular complexity index is 1930. The standard InChI is InChI=1S/C19H24FN5O.C13H13FN4O2.C7H8O.C2H6/c20-15-3-1-5-17(11-15)25-6-2-4-16(13-25)23-18-12-19(22-14-21-18)24-7-9-26-10-8-24;14-10-4-2-1-3-8(10)12-9(7-17-18-12)13(20)16-6-5-11(15)19;1-8-7-5-3-2-4-6-7;1-2/h1,3,5,11-12,14,16H,2,4,6-10,13H2,(H,21,22,23);1-4,7H,5-6H2,(H2,15,19)(H,16,20)(H,17,18);2-6H,1H3;1-2H3. The first-order chi connectivity index (χ1) is 27.3. The molecule has 2 saturated heterocycles. The van der Waals surface area contributed by atoms with Gasteiger partial charge in [0.2, 0.25) is 5.91 Å². The average Bonchev–Trinajstić information content (AvgIpc) is 3.73. The number of piperidine rings is 1. The van der Waals surface area contributed by atoms with Crippen molar-refractivity contribution >= 4 is 29.1 Å². The molecule has 0 radical (unpaired) electrons. The molecule has 2 aromatic heterocycles. The first-order valence-electron chi connectivity index (χ1n) is 18.7. The number of carbonyl (C=O) groups is 2. The summed E-state index contributed by atoms with van der Waals surface area (Å²) in [6.07, 6.45) is 5.10. The van der Waals surface area contributed by atoms with E-state index in [-0.39, 0.29) is 36.0 Å². The van der Waals surface area contributed by atoms with Gasteiger partial charge in [0.25, 0.3) is 5.91 Å². The zero-order valence-corrected chi connectivity index (χ0v) is 32.1. The van der Waals surface area contributed by atoms with Crippen molar-refractivity contribution in [3.8, 4) is 17.0 Å². The van der Waals surface area contributed by atoms with Crippen molar-refractivity contribution < 1.29 is 27.8 Å². The number of hydrogen-bond donors (Lipinski definition) is 4. The number of morpholine rings is 1. The molecule has 3 aromatic carbocycles. The molecule has 2 amide bonds. The van der Waals surface area contributed by atoms with Gasteiger partial charge in [-0.25, -0.2) is 18.7 Å². The van der Waals surface area contributed by atoms with E-state index in [2.05, 4.69) is 40.6 Å². The van der Waals surface area contributed by atoms with E-state index < -0.39 is 17.6 Å². The molecule has 13 nitrogen and oxygen atoms in total. The largest absolute Gasteiger partial charge is 0.497 e. The number of nitrogens with one attached hydrogen (secondary N) is 3. The lowest BCUT2D eigenvalue weighted by atomic mass is 10.0. The summed E-state index contributed by atoms with van der Waals surface area (Å²) < 4.78 is 37.5. The van der Waals surface area contributed by atoms with Crippen molar-refractivity contribution in [2.45, 2.75) is 39.2 Å². The maximum atomic E-state index is 13.7. The van der Waals surface area contributed by atoms with Crippen LogP contribution < -0.4 is 30.9 Å². The fraction of sp³-hybridized carbons (Fsp3) is 0.341. The number of aromatic amines is 1. The molecule has 7 rings (SSSR count). The molecule has 0 bridgehead atoms. The van der Waals surface area contributed by atoms with Gasteiger partial charge in [-0.2, -0.15) is 5.10 Å². The number of anilines is 3. The highest BCUT2D eigenvalue weighted by Gasteiger charge is 2.22. The molecule has 2 aliphatic heterocycles. The van der Waals surface area contributed by atoms with E-state index in [1.54, 1.807) is 43.8 Å². The summed E-state index contributed by atoms with van der Waals surface area (Å²) in [6, 6.07) is 24.8. The Hall–Kier alpha value is -6.09. The summed E-state index contributed by atoms with van der Waals surface area (Å²) in [5.41, 5.74) is 6.67. The van der Waals surface area contributed by atoms with Crippen LogP contribution in [0.3, 0.4) is 0 Å². The number of para-hydroxylation sites is 1.